The van der Waals surface area contributed by atoms with Gasteiger partial charge in [0.05, 0.1) is 12.8 Å². The minimum Gasteiger partial charge on any atom is -0.467 e. The molecule has 0 aliphatic rings. The third-order valence-electron chi connectivity index (χ3n) is 4.84. The third kappa shape index (κ3) is 4.90. The fourth-order valence-corrected chi connectivity index (χ4v) is 3.16. The molecular weight excluding hydrogens is 390 g/mol. The van der Waals surface area contributed by atoms with Gasteiger partial charge in [-0.15, -0.1) is 16.6 Å². The Labute approximate surface area is 180 Å². The zero-order valence-corrected chi connectivity index (χ0v) is 17.1. The van der Waals surface area contributed by atoms with Crippen LogP contribution < -0.4 is 4.90 Å². The minimum absolute atomic E-state index is 0.0966. The number of aromatic nitrogens is 2. The van der Waals surface area contributed by atoms with Crippen molar-refractivity contribution in [2.75, 3.05) is 4.90 Å². The molecule has 6 heteroatoms. The average molecular weight is 411 g/mol. The number of carbonyl (C=O) groups excluding carboxylic acids is 1. The second-order valence-corrected chi connectivity index (χ2v) is 7.12. The number of hydrogen-bond donors (Lipinski definition) is 0. The van der Waals surface area contributed by atoms with Crippen LogP contribution in [0.3, 0.4) is 0 Å². The van der Waals surface area contributed by atoms with Crippen molar-refractivity contribution >= 4 is 11.6 Å². The molecule has 4 rings (SSSR count). The fourth-order valence-electron chi connectivity index (χ4n) is 3.16. The van der Waals surface area contributed by atoms with Gasteiger partial charge in [0.15, 0.2) is 0 Å². The highest BCUT2D eigenvalue weighted by Gasteiger charge is 2.19. The van der Waals surface area contributed by atoms with Crippen LogP contribution in [0.2, 0.25) is 0 Å². The van der Waals surface area contributed by atoms with E-state index in [1.165, 1.54) is 0 Å². The lowest BCUT2D eigenvalue weighted by Crippen LogP contribution is -2.30. The Morgan fingerprint density at radius 3 is 2.68 bits per heavy atom. The first-order valence-corrected chi connectivity index (χ1v) is 9.91. The second kappa shape index (κ2) is 9.14. The first-order chi connectivity index (χ1) is 15.1. The molecule has 0 spiro atoms. The summed E-state index contributed by atoms with van der Waals surface area (Å²) in [4.78, 5) is 14.7. The Morgan fingerprint density at radius 1 is 1.10 bits per heavy atom. The Bertz CT molecular complexity index is 1200. The SMILES string of the molecule is C#Cc1cccc(N(Cc2ccco2)C(=O)CCc2nnc(-c3ccc(C)cc3)o2)c1. The van der Waals surface area contributed by atoms with Gasteiger partial charge in [0.25, 0.3) is 0 Å². The van der Waals surface area contributed by atoms with Gasteiger partial charge in [-0.05, 0) is 49.4 Å². The summed E-state index contributed by atoms with van der Waals surface area (Å²) >= 11 is 0. The van der Waals surface area contributed by atoms with Gasteiger partial charge in [-0.1, -0.05) is 29.7 Å². The number of furan rings is 1. The van der Waals surface area contributed by atoms with Crippen molar-refractivity contribution in [3.05, 3.63) is 89.7 Å². The Kier molecular flexibility index (Phi) is 5.95. The Hall–Kier alpha value is -4.11. The minimum atomic E-state index is -0.0966. The molecule has 0 fully saturated rings. The van der Waals surface area contributed by atoms with Crippen LogP contribution in [-0.2, 0) is 17.8 Å². The number of rotatable bonds is 7. The van der Waals surface area contributed by atoms with Crippen molar-refractivity contribution in [1.82, 2.24) is 10.2 Å². The van der Waals surface area contributed by atoms with Gasteiger partial charge in [-0.2, -0.15) is 0 Å². The first kappa shape index (κ1) is 20.2. The molecule has 0 bridgehead atoms. The summed E-state index contributed by atoms with van der Waals surface area (Å²) in [6, 6.07) is 18.8. The molecular formula is C25H21N3O3. The van der Waals surface area contributed by atoms with E-state index in [1.807, 2.05) is 61.5 Å². The molecule has 1 amide bonds. The summed E-state index contributed by atoms with van der Waals surface area (Å²) in [7, 11) is 0. The molecule has 0 radical (unpaired) electrons. The summed E-state index contributed by atoms with van der Waals surface area (Å²) < 4.78 is 11.2. The van der Waals surface area contributed by atoms with E-state index in [0.29, 0.717) is 41.8 Å². The number of benzene rings is 2. The lowest BCUT2D eigenvalue weighted by molar-refractivity contribution is -0.118. The van der Waals surface area contributed by atoms with Gasteiger partial charge in [0, 0.05) is 29.7 Å². The molecule has 0 atom stereocenters. The van der Waals surface area contributed by atoms with Crippen molar-refractivity contribution < 1.29 is 13.6 Å². The molecule has 0 aliphatic carbocycles. The van der Waals surface area contributed by atoms with Gasteiger partial charge in [-0.3, -0.25) is 4.79 Å². The quantitative estimate of drug-likeness (QED) is 0.409. The number of hydrogen-bond acceptors (Lipinski definition) is 5. The molecule has 0 saturated heterocycles. The predicted molar refractivity (Wildman–Crippen MR) is 117 cm³/mol. The van der Waals surface area contributed by atoms with Gasteiger partial charge >= 0.3 is 0 Å². The summed E-state index contributed by atoms with van der Waals surface area (Å²) in [5, 5.41) is 8.19. The molecule has 6 nitrogen and oxygen atoms in total. The van der Waals surface area contributed by atoms with Crippen LogP contribution >= 0.6 is 0 Å². The van der Waals surface area contributed by atoms with Gasteiger partial charge < -0.3 is 13.7 Å². The highest BCUT2D eigenvalue weighted by atomic mass is 16.4. The highest BCUT2D eigenvalue weighted by molar-refractivity contribution is 5.93. The lowest BCUT2D eigenvalue weighted by Gasteiger charge is -2.22. The number of anilines is 1. The largest absolute Gasteiger partial charge is 0.467 e. The van der Waals surface area contributed by atoms with E-state index < -0.39 is 0 Å². The fraction of sp³-hybridized carbons (Fsp3) is 0.160. The summed E-state index contributed by atoms with van der Waals surface area (Å²) in [6.07, 6.45) is 7.65. The van der Waals surface area contributed by atoms with Crippen molar-refractivity contribution in [2.24, 2.45) is 0 Å². The van der Waals surface area contributed by atoms with Crippen LogP contribution in [0.1, 0.15) is 29.2 Å². The molecule has 2 aromatic heterocycles. The van der Waals surface area contributed by atoms with E-state index in [1.54, 1.807) is 17.2 Å². The molecule has 0 unspecified atom stereocenters. The van der Waals surface area contributed by atoms with E-state index in [-0.39, 0.29) is 12.3 Å². The van der Waals surface area contributed by atoms with Gasteiger partial charge in [0.1, 0.15) is 5.76 Å². The third-order valence-corrected chi connectivity index (χ3v) is 4.84. The first-order valence-electron chi connectivity index (χ1n) is 9.91. The monoisotopic (exact) mass is 411 g/mol. The number of amides is 1. The Balaban J connectivity index is 1.48. The van der Waals surface area contributed by atoms with E-state index in [2.05, 4.69) is 16.1 Å². The second-order valence-electron chi connectivity index (χ2n) is 7.12. The maximum Gasteiger partial charge on any atom is 0.247 e. The van der Waals surface area contributed by atoms with Crippen molar-refractivity contribution in [1.29, 1.82) is 0 Å². The van der Waals surface area contributed by atoms with Crippen molar-refractivity contribution in [3.63, 3.8) is 0 Å². The number of carbonyl (C=O) groups is 1. The van der Waals surface area contributed by atoms with E-state index in [4.69, 9.17) is 15.3 Å². The average Bonchev–Trinajstić information content (AvgIpc) is 3.48. The summed E-state index contributed by atoms with van der Waals surface area (Å²) in [5.74, 6) is 4.05. The molecule has 0 N–H and O–H groups in total. The Morgan fingerprint density at radius 2 is 1.94 bits per heavy atom. The molecule has 2 aromatic carbocycles. The molecule has 31 heavy (non-hydrogen) atoms. The molecule has 4 aromatic rings. The van der Waals surface area contributed by atoms with Crippen LogP contribution in [0, 0.1) is 19.3 Å². The molecule has 154 valence electrons. The van der Waals surface area contributed by atoms with Crippen LogP contribution in [0.15, 0.2) is 75.8 Å². The van der Waals surface area contributed by atoms with E-state index >= 15 is 0 Å². The van der Waals surface area contributed by atoms with Crippen LogP contribution in [-0.4, -0.2) is 16.1 Å². The van der Waals surface area contributed by atoms with Crippen molar-refractivity contribution in [3.8, 4) is 23.8 Å². The predicted octanol–water partition coefficient (Wildman–Crippen LogP) is 4.79. The topological polar surface area (TPSA) is 72.4 Å². The zero-order valence-electron chi connectivity index (χ0n) is 17.1. The summed E-state index contributed by atoms with van der Waals surface area (Å²) in [6.45, 7) is 2.32. The maximum absolute atomic E-state index is 13.1. The lowest BCUT2D eigenvalue weighted by atomic mass is 10.1. The normalized spacial score (nSPS) is 10.6. The number of aryl methyl sites for hydroxylation is 2. The van der Waals surface area contributed by atoms with E-state index in [0.717, 1.165) is 11.1 Å². The maximum atomic E-state index is 13.1. The van der Waals surface area contributed by atoms with Gasteiger partial charge in [0.2, 0.25) is 17.7 Å². The molecule has 0 saturated carbocycles. The van der Waals surface area contributed by atoms with Gasteiger partial charge in [-0.25, -0.2) is 0 Å². The van der Waals surface area contributed by atoms with E-state index in [9.17, 15) is 4.79 Å². The number of nitrogens with zero attached hydrogens (tertiary/aromatic N) is 3. The zero-order chi connectivity index (χ0) is 21.6. The van der Waals surface area contributed by atoms with Crippen LogP contribution in [0.25, 0.3) is 11.5 Å². The van der Waals surface area contributed by atoms with Crippen molar-refractivity contribution in [2.45, 2.75) is 26.3 Å². The smallest absolute Gasteiger partial charge is 0.247 e. The molecule has 0 aliphatic heterocycles. The molecule has 2 heterocycles. The number of terminal acetylenes is 1. The standard InChI is InChI=1S/C25H21N3O3/c1-3-19-6-4-7-21(16-19)28(17-22-8-5-15-30-22)24(29)14-13-23-26-27-25(31-23)20-11-9-18(2)10-12-20/h1,4-12,15-16H,13-14,17H2,2H3. The highest BCUT2D eigenvalue weighted by Crippen LogP contribution is 2.22. The van der Waals surface area contributed by atoms with Crippen LogP contribution in [0.5, 0.6) is 0 Å². The summed E-state index contributed by atoms with van der Waals surface area (Å²) in [5.41, 5.74) is 3.41. The van der Waals surface area contributed by atoms with Crippen LogP contribution in [0.4, 0.5) is 5.69 Å².